The minimum absolute atomic E-state index is 0.466. The van der Waals surface area contributed by atoms with E-state index in [4.69, 9.17) is 0 Å². The third-order valence-corrected chi connectivity index (χ3v) is 4.99. The van der Waals surface area contributed by atoms with Crippen molar-refractivity contribution in [2.24, 2.45) is 0 Å². The Balaban J connectivity index is 1.55. The van der Waals surface area contributed by atoms with Crippen LogP contribution in [0.1, 0.15) is 64.3 Å². The molecule has 1 aliphatic carbocycles. The van der Waals surface area contributed by atoms with E-state index in [1.807, 2.05) is 6.20 Å². The van der Waals surface area contributed by atoms with Gasteiger partial charge in [-0.25, -0.2) is 4.98 Å². The summed E-state index contributed by atoms with van der Waals surface area (Å²) in [6.45, 7) is 5.96. The van der Waals surface area contributed by atoms with Gasteiger partial charge in [-0.1, -0.05) is 25.7 Å². The lowest BCUT2D eigenvalue weighted by atomic mass is 9.95. The standard InChI is InChI=1S/C17H30N4/c1-15(14-20-11-6-3-7-12-20)19-17-18-10-13-21(17)16-8-4-2-5-9-16/h10,13,15-16H,2-9,11-12,14H2,1H3,(H,18,19). The summed E-state index contributed by atoms with van der Waals surface area (Å²) in [6.07, 6.45) is 15.0. The van der Waals surface area contributed by atoms with Crippen LogP contribution in [0.15, 0.2) is 12.4 Å². The Morgan fingerprint density at radius 1 is 1.14 bits per heavy atom. The largest absolute Gasteiger partial charge is 0.352 e. The Kier molecular flexibility index (Phi) is 5.17. The maximum absolute atomic E-state index is 4.56. The van der Waals surface area contributed by atoms with Crippen LogP contribution in [-0.2, 0) is 0 Å². The van der Waals surface area contributed by atoms with E-state index >= 15 is 0 Å². The van der Waals surface area contributed by atoms with Gasteiger partial charge in [0.1, 0.15) is 0 Å². The van der Waals surface area contributed by atoms with E-state index in [-0.39, 0.29) is 0 Å². The third-order valence-electron chi connectivity index (χ3n) is 4.99. The second kappa shape index (κ2) is 7.30. The first-order valence-corrected chi connectivity index (χ1v) is 8.84. The fourth-order valence-electron chi connectivity index (χ4n) is 3.87. The highest BCUT2D eigenvalue weighted by atomic mass is 15.2. The van der Waals surface area contributed by atoms with Crippen LogP contribution in [-0.4, -0.2) is 40.1 Å². The van der Waals surface area contributed by atoms with Gasteiger partial charge < -0.3 is 14.8 Å². The maximum atomic E-state index is 4.56. The van der Waals surface area contributed by atoms with Crippen molar-refractivity contribution in [3.8, 4) is 0 Å². The molecule has 2 heterocycles. The summed E-state index contributed by atoms with van der Waals surface area (Å²) in [5, 5.41) is 3.65. The van der Waals surface area contributed by atoms with Gasteiger partial charge in [-0.15, -0.1) is 0 Å². The van der Waals surface area contributed by atoms with E-state index in [2.05, 4.69) is 32.9 Å². The highest BCUT2D eigenvalue weighted by Crippen LogP contribution is 2.30. The van der Waals surface area contributed by atoms with Crippen molar-refractivity contribution in [2.75, 3.05) is 25.0 Å². The predicted octanol–water partition coefficient (Wildman–Crippen LogP) is 3.67. The summed E-state index contributed by atoms with van der Waals surface area (Å²) in [6, 6.07) is 1.12. The summed E-state index contributed by atoms with van der Waals surface area (Å²) in [5.74, 6) is 1.08. The number of likely N-dealkylation sites (tertiary alicyclic amines) is 1. The van der Waals surface area contributed by atoms with E-state index in [0.717, 1.165) is 12.5 Å². The number of anilines is 1. The fourth-order valence-corrected chi connectivity index (χ4v) is 3.87. The van der Waals surface area contributed by atoms with Crippen LogP contribution in [0.5, 0.6) is 0 Å². The second-order valence-electron chi connectivity index (χ2n) is 6.86. The van der Waals surface area contributed by atoms with E-state index in [1.165, 1.54) is 64.5 Å². The van der Waals surface area contributed by atoms with Gasteiger partial charge in [0.15, 0.2) is 0 Å². The number of rotatable bonds is 5. The summed E-state index contributed by atoms with van der Waals surface area (Å²) >= 11 is 0. The third kappa shape index (κ3) is 4.00. The molecule has 1 atom stereocenters. The zero-order valence-corrected chi connectivity index (χ0v) is 13.4. The van der Waals surface area contributed by atoms with Crippen molar-refractivity contribution in [3.05, 3.63) is 12.4 Å². The molecule has 1 aromatic heterocycles. The normalized spacial score (nSPS) is 23.1. The van der Waals surface area contributed by atoms with Crippen molar-refractivity contribution in [3.63, 3.8) is 0 Å². The number of nitrogens with one attached hydrogen (secondary N) is 1. The highest BCUT2D eigenvalue weighted by Gasteiger charge is 2.19. The molecule has 4 nitrogen and oxygen atoms in total. The monoisotopic (exact) mass is 290 g/mol. The van der Waals surface area contributed by atoms with Crippen molar-refractivity contribution in [2.45, 2.75) is 70.4 Å². The summed E-state index contributed by atoms with van der Waals surface area (Å²) in [4.78, 5) is 7.15. The molecule has 0 bridgehead atoms. The molecule has 1 N–H and O–H groups in total. The molecular weight excluding hydrogens is 260 g/mol. The summed E-state index contributed by atoms with van der Waals surface area (Å²) < 4.78 is 2.38. The molecule has 1 saturated heterocycles. The Hall–Kier alpha value is -1.03. The number of aromatic nitrogens is 2. The van der Waals surface area contributed by atoms with Crippen molar-refractivity contribution >= 4 is 5.95 Å². The average molecular weight is 290 g/mol. The van der Waals surface area contributed by atoms with Gasteiger partial charge in [-0.2, -0.15) is 0 Å². The average Bonchev–Trinajstić information content (AvgIpc) is 2.97. The Morgan fingerprint density at radius 3 is 2.62 bits per heavy atom. The van der Waals surface area contributed by atoms with Crippen LogP contribution in [0.3, 0.4) is 0 Å². The van der Waals surface area contributed by atoms with Crippen LogP contribution >= 0.6 is 0 Å². The SMILES string of the molecule is CC(CN1CCCCC1)Nc1nccn1C1CCCCC1. The van der Waals surface area contributed by atoms with Crippen LogP contribution in [0.25, 0.3) is 0 Å². The zero-order chi connectivity index (χ0) is 14.5. The number of hydrogen-bond acceptors (Lipinski definition) is 3. The lowest BCUT2D eigenvalue weighted by Gasteiger charge is -2.30. The smallest absolute Gasteiger partial charge is 0.203 e. The quantitative estimate of drug-likeness (QED) is 0.898. The first-order valence-electron chi connectivity index (χ1n) is 8.84. The molecule has 118 valence electrons. The van der Waals surface area contributed by atoms with Gasteiger partial charge in [0.05, 0.1) is 0 Å². The van der Waals surface area contributed by atoms with Crippen molar-refractivity contribution in [1.82, 2.24) is 14.5 Å². The molecule has 4 heteroatoms. The minimum atomic E-state index is 0.466. The first-order chi connectivity index (χ1) is 10.3. The molecule has 1 aromatic rings. The first kappa shape index (κ1) is 14.9. The fraction of sp³-hybridized carbons (Fsp3) is 0.824. The van der Waals surface area contributed by atoms with Crippen LogP contribution in [0, 0.1) is 0 Å². The number of imidazole rings is 1. The molecule has 0 spiro atoms. The van der Waals surface area contributed by atoms with Crippen molar-refractivity contribution in [1.29, 1.82) is 0 Å². The molecule has 1 saturated carbocycles. The number of piperidine rings is 1. The van der Waals surface area contributed by atoms with Crippen molar-refractivity contribution < 1.29 is 0 Å². The van der Waals surface area contributed by atoms with Gasteiger partial charge in [0, 0.05) is 31.0 Å². The molecule has 2 aliphatic rings. The van der Waals surface area contributed by atoms with Crippen LogP contribution in [0.4, 0.5) is 5.95 Å². The van der Waals surface area contributed by atoms with Crippen LogP contribution in [0.2, 0.25) is 0 Å². The van der Waals surface area contributed by atoms with Gasteiger partial charge >= 0.3 is 0 Å². The molecule has 0 aromatic carbocycles. The van der Waals surface area contributed by atoms with Gasteiger partial charge in [-0.05, 0) is 45.7 Å². The van der Waals surface area contributed by atoms with E-state index in [0.29, 0.717) is 12.1 Å². The van der Waals surface area contributed by atoms with Gasteiger partial charge in [0.2, 0.25) is 5.95 Å². The molecular formula is C17H30N4. The molecule has 21 heavy (non-hydrogen) atoms. The van der Waals surface area contributed by atoms with E-state index in [9.17, 15) is 0 Å². The minimum Gasteiger partial charge on any atom is -0.352 e. The Labute approximate surface area is 128 Å². The van der Waals surface area contributed by atoms with Gasteiger partial charge in [-0.3, -0.25) is 0 Å². The Bertz CT molecular complexity index is 416. The summed E-state index contributed by atoms with van der Waals surface area (Å²) in [5.41, 5.74) is 0. The van der Waals surface area contributed by atoms with Crippen LogP contribution < -0.4 is 5.32 Å². The zero-order valence-electron chi connectivity index (χ0n) is 13.4. The molecule has 3 rings (SSSR count). The van der Waals surface area contributed by atoms with E-state index in [1.54, 1.807) is 0 Å². The predicted molar refractivity (Wildman–Crippen MR) is 87.7 cm³/mol. The molecule has 0 radical (unpaired) electrons. The maximum Gasteiger partial charge on any atom is 0.203 e. The lowest BCUT2D eigenvalue weighted by Crippen LogP contribution is -2.38. The highest BCUT2D eigenvalue weighted by molar-refractivity contribution is 5.28. The topological polar surface area (TPSA) is 33.1 Å². The second-order valence-corrected chi connectivity index (χ2v) is 6.86. The lowest BCUT2D eigenvalue weighted by molar-refractivity contribution is 0.222. The Morgan fingerprint density at radius 2 is 1.86 bits per heavy atom. The molecule has 1 aliphatic heterocycles. The van der Waals surface area contributed by atoms with Gasteiger partial charge in [0.25, 0.3) is 0 Å². The van der Waals surface area contributed by atoms with E-state index < -0.39 is 0 Å². The molecule has 0 amide bonds. The number of nitrogens with zero attached hydrogens (tertiary/aromatic N) is 3. The molecule has 2 fully saturated rings. The summed E-state index contributed by atoms with van der Waals surface area (Å²) in [7, 11) is 0. The molecule has 1 unspecified atom stereocenters. The number of hydrogen-bond donors (Lipinski definition) is 1.